The molecule has 0 bridgehead atoms. The molecule has 0 unspecified atom stereocenters. The molecule has 0 saturated carbocycles. The van der Waals surface area contributed by atoms with Gasteiger partial charge in [0.05, 0.1) is 22.0 Å². The molecule has 0 spiro atoms. The van der Waals surface area contributed by atoms with Gasteiger partial charge >= 0.3 is 0 Å². The monoisotopic (exact) mass is 455 g/mol. The largest absolute Gasteiger partial charge is 0.372 e. The summed E-state index contributed by atoms with van der Waals surface area (Å²) in [6.45, 7) is 3.60. The third-order valence-corrected chi connectivity index (χ3v) is 6.83. The number of carbonyl (C=O) groups is 1. The third kappa shape index (κ3) is 5.15. The van der Waals surface area contributed by atoms with Crippen molar-refractivity contribution in [3.63, 3.8) is 0 Å². The minimum absolute atomic E-state index is 0.211. The number of nitrogens with one attached hydrogen (secondary N) is 1. The number of sulfonamides is 1. The fraction of sp³-hybridized carbons (Fsp3) is 0.350. The molecule has 156 valence electrons. The molecule has 3 rings (SSSR count). The molecule has 0 aliphatic carbocycles. The first-order chi connectivity index (χ1) is 13.7. The van der Waals surface area contributed by atoms with Gasteiger partial charge in [0.15, 0.2) is 0 Å². The van der Waals surface area contributed by atoms with Crippen LogP contribution in [0, 0.1) is 0 Å². The highest BCUT2D eigenvalue weighted by atomic mass is 35.5. The topological polar surface area (TPSA) is 69.7 Å². The van der Waals surface area contributed by atoms with Crippen molar-refractivity contribution in [1.29, 1.82) is 0 Å². The second-order valence-corrected chi connectivity index (χ2v) is 9.74. The second-order valence-electron chi connectivity index (χ2n) is 7.06. The van der Waals surface area contributed by atoms with Crippen LogP contribution in [0.1, 0.15) is 19.8 Å². The number of rotatable bonds is 6. The smallest absolute Gasteiger partial charge is 0.247 e. The zero-order chi connectivity index (χ0) is 21.2. The normalized spacial score (nSPS) is 15.2. The first-order valence-corrected chi connectivity index (χ1v) is 11.9. The summed E-state index contributed by atoms with van der Waals surface area (Å²) in [4.78, 5) is 15.1. The van der Waals surface area contributed by atoms with Crippen LogP contribution >= 0.6 is 23.2 Å². The lowest BCUT2D eigenvalue weighted by atomic mass is 10.2. The molecule has 6 nitrogen and oxygen atoms in total. The van der Waals surface area contributed by atoms with Crippen molar-refractivity contribution in [2.75, 3.05) is 33.9 Å². The van der Waals surface area contributed by atoms with Crippen LogP contribution in [0.3, 0.4) is 0 Å². The highest BCUT2D eigenvalue weighted by Crippen LogP contribution is 2.30. The third-order valence-electron chi connectivity index (χ3n) is 4.85. The van der Waals surface area contributed by atoms with Gasteiger partial charge in [-0.2, -0.15) is 0 Å². The van der Waals surface area contributed by atoms with Gasteiger partial charge in [0.1, 0.15) is 6.04 Å². The van der Waals surface area contributed by atoms with Gasteiger partial charge in [-0.3, -0.25) is 9.10 Å². The van der Waals surface area contributed by atoms with E-state index in [4.69, 9.17) is 23.2 Å². The Morgan fingerprint density at radius 3 is 2.24 bits per heavy atom. The van der Waals surface area contributed by atoms with Crippen LogP contribution in [0.15, 0.2) is 42.5 Å². The Bertz CT molecular complexity index is 991. The number of carbonyl (C=O) groups excluding carboxylic acids is 1. The predicted octanol–water partition coefficient (Wildman–Crippen LogP) is 4.39. The van der Waals surface area contributed by atoms with Crippen LogP contribution in [0.25, 0.3) is 0 Å². The highest BCUT2D eigenvalue weighted by molar-refractivity contribution is 7.92. The minimum Gasteiger partial charge on any atom is -0.372 e. The summed E-state index contributed by atoms with van der Waals surface area (Å²) in [6, 6.07) is 11.0. The Balaban J connectivity index is 1.77. The number of nitrogens with zero attached hydrogens (tertiary/aromatic N) is 2. The molecule has 2 aromatic carbocycles. The maximum Gasteiger partial charge on any atom is 0.247 e. The summed E-state index contributed by atoms with van der Waals surface area (Å²) in [7, 11) is -3.74. The van der Waals surface area contributed by atoms with E-state index in [1.807, 2.05) is 24.3 Å². The molecule has 1 saturated heterocycles. The summed E-state index contributed by atoms with van der Waals surface area (Å²) in [5.74, 6) is -0.449. The molecule has 1 aliphatic heterocycles. The number of amides is 1. The van der Waals surface area contributed by atoms with E-state index in [2.05, 4.69) is 10.2 Å². The Labute approximate surface area is 181 Å². The Hall–Kier alpha value is -1.96. The lowest BCUT2D eigenvalue weighted by Gasteiger charge is -2.28. The number of halogens is 2. The minimum atomic E-state index is -3.74. The van der Waals surface area contributed by atoms with Gasteiger partial charge in [-0.05, 0) is 62.2 Å². The van der Waals surface area contributed by atoms with E-state index in [0.29, 0.717) is 10.7 Å². The maximum atomic E-state index is 12.8. The zero-order valence-electron chi connectivity index (χ0n) is 16.2. The van der Waals surface area contributed by atoms with E-state index in [9.17, 15) is 13.2 Å². The van der Waals surface area contributed by atoms with E-state index in [0.717, 1.165) is 29.3 Å². The standard InChI is InChI=1S/C20H23Cl2N3O3S/c1-14(25(29(2,27)28)17-9-10-18(21)19(22)13-17)20(26)23-15-5-7-16(8-6-15)24-11-3-4-12-24/h5-10,13-14H,3-4,11-12H2,1-2H3,(H,23,26)/t14-/m1/s1. The van der Waals surface area contributed by atoms with Gasteiger partial charge in [-0.25, -0.2) is 8.42 Å². The van der Waals surface area contributed by atoms with Crippen molar-refractivity contribution in [3.05, 3.63) is 52.5 Å². The van der Waals surface area contributed by atoms with Crippen LogP contribution in [0.4, 0.5) is 17.1 Å². The van der Waals surface area contributed by atoms with Gasteiger partial charge in [-0.15, -0.1) is 0 Å². The molecule has 0 radical (unpaired) electrons. The lowest BCUT2D eigenvalue weighted by Crippen LogP contribution is -2.45. The van der Waals surface area contributed by atoms with Gasteiger partial charge in [0.25, 0.3) is 0 Å². The van der Waals surface area contributed by atoms with Crippen LogP contribution in [0.2, 0.25) is 10.0 Å². The second kappa shape index (κ2) is 8.81. The molecule has 0 aromatic heterocycles. The molecule has 1 N–H and O–H groups in total. The van der Waals surface area contributed by atoms with Gasteiger partial charge in [-0.1, -0.05) is 23.2 Å². The number of hydrogen-bond donors (Lipinski definition) is 1. The molecule has 9 heteroatoms. The summed E-state index contributed by atoms with van der Waals surface area (Å²) in [5.41, 5.74) is 1.99. The van der Waals surface area contributed by atoms with Gasteiger partial charge < -0.3 is 10.2 Å². The molecule has 1 fully saturated rings. The average molecular weight is 456 g/mol. The fourth-order valence-corrected chi connectivity index (χ4v) is 4.87. The predicted molar refractivity (Wildman–Crippen MR) is 120 cm³/mol. The van der Waals surface area contributed by atoms with Crippen LogP contribution in [0.5, 0.6) is 0 Å². The average Bonchev–Trinajstić information content (AvgIpc) is 3.19. The molecular weight excluding hydrogens is 433 g/mol. The highest BCUT2D eigenvalue weighted by Gasteiger charge is 2.29. The molecule has 2 aromatic rings. The van der Waals surface area contributed by atoms with Gasteiger partial charge in [0, 0.05) is 24.5 Å². The van der Waals surface area contributed by atoms with Crippen molar-refractivity contribution in [2.45, 2.75) is 25.8 Å². The Kier molecular flexibility index (Phi) is 6.61. The number of hydrogen-bond acceptors (Lipinski definition) is 4. The van der Waals surface area contributed by atoms with Crippen molar-refractivity contribution < 1.29 is 13.2 Å². The maximum absolute atomic E-state index is 12.8. The van der Waals surface area contributed by atoms with Crippen molar-refractivity contribution in [3.8, 4) is 0 Å². The molecule has 29 heavy (non-hydrogen) atoms. The van der Waals surface area contributed by atoms with E-state index in [1.165, 1.54) is 38.0 Å². The summed E-state index contributed by atoms with van der Waals surface area (Å²) < 4.78 is 25.8. The first kappa shape index (κ1) is 21.7. The summed E-state index contributed by atoms with van der Waals surface area (Å²) in [5, 5.41) is 3.30. The Morgan fingerprint density at radius 2 is 1.69 bits per heavy atom. The van der Waals surface area contributed by atoms with Gasteiger partial charge in [0.2, 0.25) is 15.9 Å². The van der Waals surface area contributed by atoms with Crippen LogP contribution in [-0.4, -0.2) is 39.7 Å². The van der Waals surface area contributed by atoms with E-state index < -0.39 is 22.0 Å². The number of benzene rings is 2. The Morgan fingerprint density at radius 1 is 1.07 bits per heavy atom. The zero-order valence-corrected chi connectivity index (χ0v) is 18.6. The van der Waals surface area contributed by atoms with Crippen LogP contribution < -0.4 is 14.5 Å². The van der Waals surface area contributed by atoms with E-state index >= 15 is 0 Å². The van der Waals surface area contributed by atoms with E-state index in [1.54, 1.807) is 0 Å². The summed E-state index contributed by atoms with van der Waals surface area (Å²) in [6.07, 6.45) is 3.42. The molecule has 1 heterocycles. The molecule has 1 aliphatic rings. The lowest BCUT2D eigenvalue weighted by molar-refractivity contribution is -0.116. The van der Waals surface area contributed by atoms with E-state index in [-0.39, 0.29) is 10.7 Å². The SMILES string of the molecule is C[C@H](C(=O)Nc1ccc(N2CCCC2)cc1)N(c1ccc(Cl)c(Cl)c1)S(C)(=O)=O. The number of anilines is 3. The quantitative estimate of drug-likeness (QED) is 0.700. The first-order valence-electron chi connectivity index (χ1n) is 9.27. The molecule has 1 amide bonds. The molecule has 1 atom stereocenters. The summed E-state index contributed by atoms with van der Waals surface area (Å²) >= 11 is 12.0. The van der Waals surface area contributed by atoms with Crippen molar-refractivity contribution in [2.24, 2.45) is 0 Å². The van der Waals surface area contributed by atoms with Crippen molar-refractivity contribution in [1.82, 2.24) is 0 Å². The molecular formula is C20H23Cl2N3O3S. The fourth-order valence-electron chi connectivity index (χ4n) is 3.41. The van der Waals surface area contributed by atoms with Crippen molar-refractivity contribution >= 4 is 56.2 Å². The van der Waals surface area contributed by atoms with Crippen LogP contribution in [-0.2, 0) is 14.8 Å².